The molecule has 166 valence electrons. The number of nitrogens with zero attached hydrogens (tertiary/aromatic N) is 2. The zero-order valence-electron chi connectivity index (χ0n) is 17.5. The van der Waals surface area contributed by atoms with Gasteiger partial charge in [-0.15, -0.1) is 24.0 Å². The van der Waals surface area contributed by atoms with Crippen LogP contribution in [0.15, 0.2) is 57.0 Å². The molecule has 9 heteroatoms. The second kappa shape index (κ2) is 12.0. The van der Waals surface area contributed by atoms with Crippen molar-refractivity contribution >= 4 is 51.3 Å². The van der Waals surface area contributed by atoms with Crippen LogP contribution in [0.2, 0.25) is 0 Å². The quantitative estimate of drug-likeness (QED) is 0.307. The minimum atomic E-state index is -3.38. The number of sulfonamides is 1. The fourth-order valence-electron chi connectivity index (χ4n) is 3.48. The van der Waals surface area contributed by atoms with Gasteiger partial charge >= 0.3 is 0 Å². The third-order valence-electron chi connectivity index (χ3n) is 5.42. The molecule has 0 radical (unpaired) electrons. The summed E-state index contributed by atoms with van der Waals surface area (Å²) in [6.45, 7) is 4.94. The molecule has 0 saturated carbocycles. The second-order valence-corrected chi connectivity index (χ2v) is 10.2. The standard InChI is InChI=1S/C21H30N4O2S2.HI/c1-17(19-10-13-28-16-19)14-23-21(22-2)24-15-18-8-11-25(12-9-18)29(26,27)20-6-4-3-5-7-20;/h3-7,10,13,16-18H,8-9,11-12,14-15H2,1-2H3,(H2,22,23,24);1H. The first kappa shape index (κ1) is 25.1. The van der Waals surface area contributed by atoms with E-state index < -0.39 is 10.0 Å². The molecule has 6 nitrogen and oxygen atoms in total. The molecule has 1 unspecified atom stereocenters. The summed E-state index contributed by atoms with van der Waals surface area (Å²) in [5.41, 5.74) is 1.34. The summed E-state index contributed by atoms with van der Waals surface area (Å²) >= 11 is 1.72. The lowest BCUT2D eigenvalue weighted by molar-refractivity contribution is 0.273. The zero-order chi connectivity index (χ0) is 20.7. The van der Waals surface area contributed by atoms with Crippen molar-refractivity contribution in [3.05, 3.63) is 52.7 Å². The number of rotatable bonds is 7. The van der Waals surface area contributed by atoms with E-state index in [1.807, 2.05) is 6.07 Å². The second-order valence-electron chi connectivity index (χ2n) is 7.45. The fraction of sp³-hybridized carbons (Fsp3) is 0.476. The average Bonchev–Trinajstić information content (AvgIpc) is 3.30. The van der Waals surface area contributed by atoms with Crippen LogP contribution in [0.3, 0.4) is 0 Å². The highest BCUT2D eigenvalue weighted by Crippen LogP contribution is 2.23. The first-order valence-electron chi connectivity index (χ1n) is 10.0. The van der Waals surface area contributed by atoms with Crippen molar-refractivity contribution in [3.8, 4) is 0 Å². The summed E-state index contributed by atoms with van der Waals surface area (Å²) in [6, 6.07) is 10.8. The van der Waals surface area contributed by atoms with Gasteiger partial charge < -0.3 is 10.6 Å². The smallest absolute Gasteiger partial charge is 0.243 e. The number of benzene rings is 1. The molecule has 2 N–H and O–H groups in total. The molecule has 1 aliphatic rings. The molecule has 30 heavy (non-hydrogen) atoms. The van der Waals surface area contributed by atoms with E-state index in [1.54, 1.807) is 47.0 Å². The number of thiophene rings is 1. The van der Waals surface area contributed by atoms with E-state index >= 15 is 0 Å². The Kier molecular flexibility index (Phi) is 10.1. The number of piperidine rings is 1. The Balaban J connectivity index is 0.00000320. The number of hydrogen-bond donors (Lipinski definition) is 2. The number of guanidine groups is 1. The fourth-order valence-corrected chi connectivity index (χ4v) is 5.75. The molecule has 1 aromatic heterocycles. The van der Waals surface area contributed by atoms with Crippen LogP contribution >= 0.6 is 35.3 Å². The van der Waals surface area contributed by atoms with Crippen molar-refractivity contribution in [2.75, 3.05) is 33.2 Å². The molecular formula is C21H31IN4O2S2. The summed E-state index contributed by atoms with van der Waals surface area (Å²) in [5, 5.41) is 11.1. The SMILES string of the molecule is CN=C(NCC1CCN(S(=O)(=O)c2ccccc2)CC1)NCC(C)c1ccsc1.I. The molecule has 3 rings (SSSR count). The van der Waals surface area contributed by atoms with Crippen molar-refractivity contribution in [2.24, 2.45) is 10.9 Å². The molecule has 0 bridgehead atoms. The summed E-state index contributed by atoms with van der Waals surface area (Å²) in [6.07, 6.45) is 1.70. The van der Waals surface area contributed by atoms with Crippen LogP contribution in [0.25, 0.3) is 0 Å². The Labute approximate surface area is 201 Å². The number of hydrogen-bond acceptors (Lipinski definition) is 4. The highest BCUT2D eigenvalue weighted by Gasteiger charge is 2.29. The van der Waals surface area contributed by atoms with E-state index in [4.69, 9.17) is 0 Å². The Morgan fingerprint density at radius 3 is 2.50 bits per heavy atom. The van der Waals surface area contributed by atoms with Crippen LogP contribution in [0.4, 0.5) is 0 Å². The number of aliphatic imine (C=N–C) groups is 1. The van der Waals surface area contributed by atoms with Crippen molar-refractivity contribution in [1.29, 1.82) is 0 Å². The predicted octanol–water partition coefficient (Wildman–Crippen LogP) is 3.74. The molecule has 1 fully saturated rings. The van der Waals surface area contributed by atoms with Crippen molar-refractivity contribution in [1.82, 2.24) is 14.9 Å². The van der Waals surface area contributed by atoms with Crippen LogP contribution in [0.5, 0.6) is 0 Å². The lowest BCUT2D eigenvalue weighted by atomic mass is 9.98. The molecule has 0 spiro atoms. The molecule has 1 aromatic carbocycles. The van der Waals surface area contributed by atoms with Gasteiger partial charge in [0.1, 0.15) is 0 Å². The van der Waals surface area contributed by atoms with Gasteiger partial charge in [0.2, 0.25) is 10.0 Å². The minimum absolute atomic E-state index is 0. The summed E-state index contributed by atoms with van der Waals surface area (Å²) < 4.78 is 27.1. The van der Waals surface area contributed by atoms with Gasteiger partial charge in [-0.3, -0.25) is 4.99 Å². The van der Waals surface area contributed by atoms with E-state index in [-0.39, 0.29) is 24.0 Å². The summed E-state index contributed by atoms with van der Waals surface area (Å²) in [4.78, 5) is 4.69. The Morgan fingerprint density at radius 1 is 1.20 bits per heavy atom. The largest absolute Gasteiger partial charge is 0.356 e. The topological polar surface area (TPSA) is 73.8 Å². The van der Waals surface area contributed by atoms with Crippen molar-refractivity contribution in [2.45, 2.75) is 30.6 Å². The van der Waals surface area contributed by atoms with E-state index in [1.165, 1.54) is 5.56 Å². The maximum Gasteiger partial charge on any atom is 0.243 e. The highest BCUT2D eigenvalue weighted by molar-refractivity contribution is 14.0. The number of halogens is 1. The first-order valence-corrected chi connectivity index (χ1v) is 12.4. The monoisotopic (exact) mass is 562 g/mol. The molecule has 1 atom stereocenters. The normalized spacial score (nSPS) is 17.2. The van der Waals surface area contributed by atoms with Crippen molar-refractivity contribution < 1.29 is 8.42 Å². The van der Waals surface area contributed by atoms with Gasteiger partial charge in [0.15, 0.2) is 5.96 Å². The molecule has 1 saturated heterocycles. The van der Waals surface area contributed by atoms with Gasteiger partial charge in [-0.05, 0) is 59.2 Å². The highest BCUT2D eigenvalue weighted by atomic mass is 127. The van der Waals surface area contributed by atoms with Gasteiger partial charge in [-0.25, -0.2) is 8.42 Å². The maximum absolute atomic E-state index is 12.7. The van der Waals surface area contributed by atoms with Gasteiger partial charge in [-0.2, -0.15) is 15.6 Å². The summed E-state index contributed by atoms with van der Waals surface area (Å²) in [7, 11) is -1.61. The van der Waals surface area contributed by atoms with Gasteiger partial charge in [0, 0.05) is 33.2 Å². The lowest BCUT2D eigenvalue weighted by Crippen LogP contribution is -2.44. The van der Waals surface area contributed by atoms with Crippen LogP contribution in [-0.4, -0.2) is 51.9 Å². The van der Waals surface area contributed by atoms with Crippen molar-refractivity contribution in [3.63, 3.8) is 0 Å². The van der Waals surface area contributed by atoms with Crippen LogP contribution < -0.4 is 10.6 Å². The maximum atomic E-state index is 12.7. The van der Waals surface area contributed by atoms with E-state index in [9.17, 15) is 8.42 Å². The van der Waals surface area contributed by atoms with Crippen LogP contribution in [0, 0.1) is 5.92 Å². The lowest BCUT2D eigenvalue weighted by Gasteiger charge is -2.31. The number of nitrogens with one attached hydrogen (secondary N) is 2. The molecule has 2 heterocycles. The van der Waals surface area contributed by atoms with Crippen LogP contribution in [0.1, 0.15) is 31.2 Å². The van der Waals surface area contributed by atoms with E-state index in [2.05, 4.69) is 39.4 Å². The third-order valence-corrected chi connectivity index (χ3v) is 8.04. The average molecular weight is 563 g/mol. The Hall–Kier alpha value is -1.17. The summed E-state index contributed by atoms with van der Waals surface area (Å²) in [5.74, 6) is 1.66. The minimum Gasteiger partial charge on any atom is -0.356 e. The van der Waals surface area contributed by atoms with Gasteiger partial charge in [0.05, 0.1) is 4.90 Å². The van der Waals surface area contributed by atoms with E-state index in [0.29, 0.717) is 29.8 Å². The molecule has 1 aliphatic heterocycles. The zero-order valence-corrected chi connectivity index (χ0v) is 21.4. The Bertz CT molecular complexity index is 881. The predicted molar refractivity (Wildman–Crippen MR) is 135 cm³/mol. The molecule has 2 aromatic rings. The third kappa shape index (κ3) is 6.66. The molecular weight excluding hydrogens is 531 g/mol. The molecule has 0 aliphatic carbocycles. The van der Waals surface area contributed by atoms with Crippen LogP contribution in [-0.2, 0) is 10.0 Å². The van der Waals surface area contributed by atoms with E-state index in [0.717, 1.165) is 31.9 Å². The van der Waals surface area contributed by atoms with Gasteiger partial charge in [-0.1, -0.05) is 25.1 Å². The Morgan fingerprint density at radius 2 is 1.90 bits per heavy atom. The first-order chi connectivity index (χ1) is 14.0. The van der Waals surface area contributed by atoms with Gasteiger partial charge in [0.25, 0.3) is 0 Å². The molecule has 0 amide bonds.